The summed E-state index contributed by atoms with van der Waals surface area (Å²) in [5, 5.41) is 3.24. The summed E-state index contributed by atoms with van der Waals surface area (Å²) in [5.41, 5.74) is 0.987. The van der Waals surface area contributed by atoms with E-state index in [9.17, 15) is 13.2 Å². The van der Waals surface area contributed by atoms with E-state index >= 15 is 0 Å². The van der Waals surface area contributed by atoms with E-state index in [2.05, 4.69) is 10.0 Å². The fourth-order valence-electron chi connectivity index (χ4n) is 3.17. The van der Waals surface area contributed by atoms with Crippen LogP contribution in [0.25, 0.3) is 0 Å². The van der Waals surface area contributed by atoms with Crippen molar-refractivity contribution >= 4 is 28.3 Å². The summed E-state index contributed by atoms with van der Waals surface area (Å²) in [6, 6.07) is 7.36. The van der Waals surface area contributed by atoms with Crippen LogP contribution in [0.2, 0.25) is 0 Å². The quantitative estimate of drug-likeness (QED) is 0.728. The van der Waals surface area contributed by atoms with Crippen LogP contribution in [0.1, 0.15) is 37.7 Å². The zero-order valence-electron chi connectivity index (χ0n) is 15.1. The van der Waals surface area contributed by atoms with Crippen molar-refractivity contribution in [2.24, 2.45) is 0 Å². The van der Waals surface area contributed by atoms with Crippen LogP contribution in [0.4, 0.5) is 0 Å². The summed E-state index contributed by atoms with van der Waals surface area (Å²) in [7, 11) is -1.47. The maximum Gasteiger partial charge on any atom is 0.240 e. The lowest BCUT2D eigenvalue weighted by molar-refractivity contribution is -0.132. The normalized spacial score (nSPS) is 20.5. The Kier molecular flexibility index (Phi) is 7.46. The van der Waals surface area contributed by atoms with Crippen molar-refractivity contribution in [3.05, 3.63) is 29.8 Å². The average molecular weight is 402 g/mol. The molecule has 0 aromatic heterocycles. The maximum atomic E-state index is 12.4. The first-order valence-corrected chi connectivity index (χ1v) is 10.5. The molecule has 6 nitrogen and oxygen atoms in total. The largest absolute Gasteiger partial charge is 0.341 e. The molecular weight excluding hydrogens is 374 g/mol. The van der Waals surface area contributed by atoms with E-state index in [0.29, 0.717) is 23.8 Å². The molecule has 1 aliphatic carbocycles. The van der Waals surface area contributed by atoms with Crippen LogP contribution >= 0.6 is 12.4 Å². The van der Waals surface area contributed by atoms with Crippen LogP contribution < -0.4 is 10.0 Å². The number of hydrogen-bond acceptors (Lipinski definition) is 4. The summed E-state index contributed by atoms with van der Waals surface area (Å²) in [6.45, 7) is 1.61. The molecule has 0 radical (unpaired) electrons. The molecule has 2 N–H and O–H groups in total. The molecule has 1 saturated carbocycles. The minimum Gasteiger partial charge on any atom is -0.341 e. The zero-order chi connectivity index (χ0) is 17.9. The van der Waals surface area contributed by atoms with Crippen molar-refractivity contribution in [1.82, 2.24) is 14.9 Å². The highest BCUT2D eigenvalue weighted by Gasteiger charge is 2.28. The first-order chi connectivity index (χ1) is 12.0. The predicted molar refractivity (Wildman–Crippen MR) is 104 cm³/mol. The monoisotopic (exact) mass is 401 g/mol. The predicted octanol–water partition coefficient (Wildman–Crippen LogP) is 1.69. The number of carbonyl (C=O) groups is 1. The lowest BCUT2D eigenvalue weighted by atomic mass is 10.0. The molecule has 1 heterocycles. The molecule has 3 rings (SSSR count). The van der Waals surface area contributed by atoms with Crippen LogP contribution in [0, 0.1) is 0 Å². The molecule has 1 saturated heterocycles. The van der Waals surface area contributed by atoms with Gasteiger partial charge in [-0.2, -0.15) is 0 Å². The van der Waals surface area contributed by atoms with Gasteiger partial charge in [0.1, 0.15) is 0 Å². The topological polar surface area (TPSA) is 78.5 Å². The lowest BCUT2D eigenvalue weighted by Crippen LogP contribution is -2.47. The van der Waals surface area contributed by atoms with Gasteiger partial charge in [0.2, 0.25) is 15.9 Å². The number of amides is 1. The second kappa shape index (κ2) is 9.17. The Bertz CT molecular complexity index is 705. The Labute approximate surface area is 162 Å². The molecule has 0 spiro atoms. The Balaban J connectivity index is 0.00000243. The third kappa shape index (κ3) is 5.67. The number of likely N-dealkylation sites (N-methyl/N-ethyl adjacent to an activating group) is 1. The molecule has 8 heteroatoms. The number of nitrogens with zero attached hydrogens (tertiary/aromatic N) is 1. The molecule has 2 aliphatic rings. The van der Waals surface area contributed by atoms with Gasteiger partial charge in [0.25, 0.3) is 0 Å². The van der Waals surface area contributed by atoms with Gasteiger partial charge in [-0.1, -0.05) is 12.1 Å². The number of aryl methyl sites for hydroxylation is 1. The van der Waals surface area contributed by atoms with Crippen LogP contribution in [-0.4, -0.2) is 51.4 Å². The minimum absolute atomic E-state index is 0. The van der Waals surface area contributed by atoms with Gasteiger partial charge >= 0.3 is 0 Å². The molecule has 1 aromatic rings. The van der Waals surface area contributed by atoms with E-state index < -0.39 is 10.0 Å². The highest BCUT2D eigenvalue weighted by molar-refractivity contribution is 7.89. The third-order valence-electron chi connectivity index (χ3n) is 4.94. The molecule has 0 bridgehead atoms. The van der Waals surface area contributed by atoms with Crippen LogP contribution in [0.3, 0.4) is 0 Å². The van der Waals surface area contributed by atoms with E-state index in [-0.39, 0.29) is 24.4 Å². The molecular formula is C18H28ClN3O3S. The number of likely N-dealkylation sites (tertiary alicyclic amines) is 1. The summed E-state index contributed by atoms with van der Waals surface area (Å²) < 4.78 is 27.0. The number of hydrogen-bond donors (Lipinski definition) is 2. The molecule has 1 aromatic carbocycles. The first-order valence-electron chi connectivity index (χ1n) is 9.04. The summed E-state index contributed by atoms with van der Waals surface area (Å²) in [6.07, 6.45) is 5.09. The Hall–Kier alpha value is -1.15. The average Bonchev–Trinajstić information content (AvgIpc) is 3.43. The molecule has 1 unspecified atom stereocenters. The number of sulfonamides is 1. The van der Waals surface area contributed by atoms with E-state index in [1.54, 1.807) is 24.3 Å². The molecule has 26 heavy (non-hydrogen) atoms. The van der Waals surface area contributed by atoms with Crippen molar-refractivity contribution in [2.75, 3.05) is 20.1 Å². The van der Waals surface area contributed by atoms with Gasteiger partial charge in [-0.15, -0.1) is 12.4 Å². The SMILES string of the molecule is CNC1CCCN(C(=O)CCc2ccc(S(=O)(=O)NC3CC3)cc2)C1.Cl. The second-order valence-electron chi connectivity index (χ2n) is 7.01. The van der Waals surface area contributed by atoms with E-state index in [1.165, 1.54) is 0 Å². The lowest BCUT2D eigenvalue weighted by Gasteiger charge is -2.32. The van der Waals surface area contributed by atoms with Gasteiger partial charge < -0.3 is 10.2 Å². The number of nitrogens with one attached hydrogen (secondary N) is 2. The zero-order valence-corrected chi connectivity index (χ0v) is 16.7. The van der Waals surface area contributed by atoms with Crippen molar-refractivity contribution in [1.29, 1.82) is 0 Å². The van der Waals surface area contributed by atoms with E-state index in [4.69, 9.17) is 0 Å². The second-order valence-corrected chi connectivity index (χ2v) is 8.72. The molecule has 146 valence electrons. The van der Waals surface area contributed by atoms with E-state index in [0.717, 1.165) is 44.3 Å². The Morgan fingerprint density at radius 1 is 1.15 bits per heavy atom. The maximum absolute atomic E-state index is 12.4. The standard InChI is InChI=1S/C18H27N3O3S.ClH/c1-19-16-3-2-12-21(13-16)18(22)11-6-14-4-9-17(10-5-14)25(23,24)20-15-7-8-15;/h4-5,9-10,15-16,19-20H,2-3,6-8,11-13H2,1H3;1H. The summed E-state index contributed by atoms with van der Waals surface area (Å²) in [4.78, 5) is 14.6. The van der Waals surface area contributed by atoms with Gasteiger partial charge in [0.05, 0.1) is 4.90 Å². The smallest absolute Gasteiger partial charge is 0.240 e. The Morgan fingerprint density at radius 3 is 2.46 bits per heavy atom. The molecule has 1 amide bonds. The summed E-state index contributed by atoms with van der Waals surface area (Å²) in [5.74, 6) is 0.173. The van der Waals surface area contributed by atoms with Crippen molar-refractivity contribution in [3.63, 3.8) is 0 Å². The molecule has 2 fully saturated rings. The fourth-order valence-corrected chi connectivity index (χ4v) is 4.48. The van der Waals surface area contributed by atoms with Gasteiger partial charge in [0, 0.05) is 31.6 Å². The number of rotatable bonds is 7. The first kappa shape index (κ1) is 21.2. The van der Waals surface area contributed by atoms with Crippen LogP contribution in [0.5, 0.6) is 0 Å². The highest BCUT2D eigenvalue weighted by Crippen LogP contribution is 2.22. The Morgan fingerprint density at radius 2 is 1.85 bits per heavy atom. The number of carbonyl (C=O) groups excluding carboxylic acids is 1. The number of piperidine rings is 1. The van der Waals surface area contributed by atoms with Crippen molar-refractivity contribution in [2.45, 2.75) is 55.5 Å². The van der Waals surface area contributed by atoms with Gasteiger partial charge in [-0.3, -0.25) is 4.79 Å². The van der Waals surface area contributed by atoms with Gasteiger partial charge in [0.15, 0.2) is 0 Å². The van der Waals surface area contributed by atoms with Crippen LogP contribution in [-0.2, 0) is 21.2 Å². The summed E-state index contributed by atoms with van der Waals surface area (Å²) >= 11 is 0. The molecule has 1 aliphatic heterocycles. The molecule has 1 atom stereocenters. The number of benzene rings is 1. The van der Waals surface area contributed by atoms with Crippen molar-refractivity contribution < 1.29 is 13.2 Å². The van der Waals surface area contributed by atoms with Gasteiger partial charge in [-0.05, 0) is 56.8 Å². The fraction of sp³-hybridized carbons (Fsp3) is 0.611. The number of halogens is 1. The third-order valence-corrected chi connectivity index (χ3v) is 6.48. The highest BCUT2D eigenvalue weighted by atomic mass is 35.5. The van der Waals surface area contributed by atoms with Crippen molar-refractivity contribution in [3.8, 4) is 0 Å². The van der Waals surface area contributed by atoms with Crippen LogP contribution in [0.15, 0.2) is 29.2 Å². The minimum atomic E-state index is -3.40. The van der Waals surface area contributed by atoms with Gasteiger partial charge in [-0.25, -0.2) is 13.1 Å². The van der Waals surface area contributed by atoms with E-state index in [1.807, 2.05) is 11.9 Å².